The molecule has 2 rings (SSSR count). The van der Waals surface area contributed by atoms with E-state index in [-0.39, 0.29) is 0 Å². The molecule has 0 aromatic heterocycles. The van der Waals surface area contributed by atoms with Crippen LogP contribution in [0.2, 0.25) is 0 Å². The highest BCUT2D eigenvalue weighted by Crippen LogP contribution is 2.16. The summed E-state index contributed by atoms with van der Waals surface area (Å²) in [5, 5.41) is 0. The second-order valence-electron chi connectivity index (χ2n) is 3.96. The molecule has 3 heteroatoms. The molecule has 0 N–H and O–H groups in total. The maximum Gasteiger partial charge on any atom is 0.222 e. The monoisotopic (exact) mass is 183 g/mol. The van der Waals surface area contributed by atoms with Crippen LogP contribution in [0.4, 0.5) is 0 Å². The number of carbonyl (C=O) groups is 1. The Morgan fingerprint density at radius 2 is 2.08 bits per heavy atom. The van der Waals surface area contributed by atoms with Gasteiger partial charge in [-0.1, -0.05) is 12.8 Å². The van der Waals surface area contributed by atoms with E-state index >= 15 is 0 Å². The van der Waals surface area contributed by atoms with Gasteiger partial charge in [0.2, 0.25) is 5.91 Å². The van der Waals surface area contributed by atoms with E-state index in [1.807, 2.05) is 4.90 Å². The van der Waals surface area contributed by atoms with Crippen LogP contribution in [0.25, 0.3) is 0 Å². The highest BCUT2D eigenvalue weighted by Gasteiger charge is 2.27. The highest BCUT2D eigenvalue weighted by atomic mass is 16.6. The lowest BCUT2D eigenvalue weighted by molar-refractivity contribution is -0.132. The van der Waals surface area contributed by atoms with E-state index in [0.29, 0.717) is 12.0 Å². The molecule has 0 spiro atoms. The molecule has 2 aliphatic rings. The fourth-order valence-electron chi connectivity index (χ4n) is 1.83. The molecule has 0 aliphatic carbocycles. The van der Waals surface area contributed by atoms with Gasteiger partial charge in [-0.25, -0.2) is 0 Å². The minimum atomic E-state index is 0.329. The predicted molar refractivity (Wildman–Crippen MR) is 49.4 cm³/mol. The molecule has 2 heterocycles. The lowest BCUT2D eigenvalue weighted by atomic mass is 10.1. The fraction of sp³-hybridized carbons (Fsp3) is 0.900. The van der Waals surface area contributed by atoms with Crippen LogP contribution in [0, 0.1) is 0 Å². The first-order chi connectivity index (χ1) is 6.36. The van der Waals surface area contributed by atoms with E-state index in [1.54, 1.807) is 0 Å². The lowest BCUT2D eigenvalue weighted by Crippen LogP contribution is -2.35. The lowest BCUT2D eigenvalue weighted by Gasteiger charge is -2.23. The standard InChI is InChI=1S/C10H17NO2/c12-10-5-3-1-2-4-6-11(10)7-9-8-13-9/h9H,1-8H2. The summed E-state index contributed by atoms with van der Waals surface area (Å²) >= 11 is 0. The summed E-state index contributed by atoms with van der Waals surface area (Å²) in [6.07, 6.45) is 5.82. The number of nitrogens with zero attached hydrogens (tertiary/aromatic N) is 1. The van der Waals surface area contributed by atoms with Gasteiger partial charge < -0.3 is 9.64 Å². The Hall–Kier alpha value is -0.570. The quantitative estimate of drug-likeness (QED) is 0.602. The average molecular weight is 183 g/mol. The van der Waals surface area contributed by atoms with Gasteiger partial charge in [0.25, 0.3) is 0 Å². The van der Waals surface area contributed by atoms with E-state index in [9.17, 15) is 4.79 Å². The van der Waals surface area contributed by atoms with Gasteiger partial charge in [-0.2, -0.15) is 0 Å². The van der Waals surface area contributed by atoms with Crippen LogP contribution in [0.3, 0.4) is 0 Å². The molecule has 2 aliphatic heterocycles. The number of likely N-dealkylation sites (tertiary alicyclic amines) is 1. The van der Waals surface area contributed by atoms with E-state index in [2.05, 4.69) is 0 Å². The second kappa shape index (κ2) is 4.09. The molecule has 74 valence electrons. The van der Waals surface area contributed by atoms with Crippen LogP contribution in [0.1, 0.15) is 32.1 Å². The van der Waals surface area contributed by atoms with Crippen molar-refractivity contribution in [1.29, 1.82) is 0 Å². The van der Waals surface area contributed by atoms with Gasteiger partial charge in [-0.05, 0) is 12.8 Å². The van der Waals surface area contributed by atoms with Crippen molar-refractivity contribution >= 4 is 5.91 Å². The molecule has 2 fully saturated rings. The molecule has 0 saturated carbocycles. The molecular formula is C10H17NO2. The van der Waals surface area contributed by atoms with Crippen molar-refractivity contribution in [3.05, 3.63) is 0 Å². The number of carbonyl (C=O) groups excluding carboxylic acids is 1. The smallest absolute Gasteiger partial charge is 0.222 e. The molecule has 0 aromatic rings. The fourth-order valence-corrected chi connectivity index (χ4v) is 1.83. The number of epoxide rings is 1. The summed E-state index contributed by atoms with van der Waals surface area (Å²) in [5.74, 6) is 0.329. The molecule has 0 bridgehead atoms. The normalized spacial score (nSPS) is 29.7. The van der Waals surface area contributed by atoms with Crippen LogP contribution in [0.5, 0.6) is 0 Å². The first-order valence-electron chi connectivity index (χ1n) is 5.25. The largest absolute Gasteiger partial charge is 0.371 e. The van der Waals surface area contributed by atoms with Crippen LogP contribution in [-0.2, 0) is 9.53 Å². The topological polar surface area (TPSA) is 32.8 Å². The predicted octanol–water partition coefficient (Wildman–Crippen LogP) is 1.18. The van der Waals surface area contributed by atoms with Gasteiger partial charge in [0.15, 0.2) is 0 Å². The third-order valence-corrected chi connectivity index (χ3v) is 2.75. The van der Waals surface area contributed by atoms with Crippen molar-refractivity contribution in [2.45, 2.75) is 38.2 Å². The summed E-state index contributed by atoms with van der Waals surface area (Å²) in [7, 11) is 0. The molecular weight excluding hydrogens is 166 g/mol. The third kappa shape index (κ3) is 2.69. The Morgan fingerprint density at radius 1 is 1.31 bits per heavy atom. The zero-order chi connectivity index (χ0) is 9.10. The van der Waals surface area contributed by atoms with Crippen LogP contribution in [-0.4, -0.2) is 36.6 Å². The van der Waals surface area contributed by atoms with Gasteiger partial charge >= 0.3 is 0 Å². The average Bonchev–Trinajstić information content (AvgIpc) is 2.88. The summed E-state index contributed by atoms with van der Waals surface area (Å²) in [4.78, 5) is 13.6. The molecule has 3 nitrogen and oxygen atoms in total. The van der Waals surface area contributed by atoms with E-state index in [1.165, 1.54) is 19.3 Å². The number of rotatable bonds is 2. The van der Waals surface area contributed by atoms with Crippen molar-refractivity contribution < 1.29 is 9.53 Å². The van der Waals surface area contributed by atoms with Gasteiger partial charge in [0, 0.05) is 19.5 Å². The molecule has 0 aromatic carbocycles. The van der Waals surface area contributed by atoms with Crippen LogP contribution >= 0.6 is 0 Å². The van der Waals surface area contributed by atoms with Crippen molar-refractivity contribution in [2.24, 2.45) is 0 Å². The Bertz CT molecular complexity index is 189. The Kier molecular flexibility index (Phi) is 2.83. The number of ether oxygens (including phenoxy) is 1. The molecule has 1 amide bonds. The molecule has 2 saturated heterocycles. The zero-order valence-electron chi connectivity index (χ0n) is 8.00. The van der Waals surface area contributed by atoms with Gasteiger partial charge in [-0.3, -0.25) is 4.79 Å². The van der Waals surface area contributed by atoms with Gasteiger partial charge in [-0.15, -0.1) is 0 Å². The van der Waals surface area contributed by atoms with E-state index in [0.717, 1.165) is 32.5 Å². The molecule has 1 atom stereocenters. The summed E-state index contributed by atoms with van der Waals surface area (Å²) in [6.45, 7) is 2.63. The van der Waals surface area contributed by atoms with Gasteiger partial charge in [0.05, 0.1) is 12.7 Å². The second-order valence-corrected chi connectivity index (χ2v) is 3.96. The third-order valence-electron chi connectivity index (χ3n) is 2.75. The zero-order valence-corrected chi connectivity index (χ0v) is 8.00. The first-order valence-corrected chi connectivity index (χ1v) is 5.25. The van der Waals surface area contributed by atoms with Crippen LogP contribution < -0.4 is 0 Å². The van der Waals surface area contributed by atoms with E-state index < -0.39 is 0 Å². The van der Waals surface area contributed by atoms with Crippen molar-refractivity contribution in [3.8, 4) is 0 Å². The maximum absolute atomic E-state index is 11.6. The minimum absolute atomic E-state index is 0.329. The Balaban J connectivity index is 1.83. The molecule has 0 radical (unpaired) electrons. The van der Waals surface area contributed by atoms with Gasteiger partial charge in [0.1, 0.15) is 0 Å². The van der Waals surface area contributed by atoms with Crippen molar-refractivity contribution in [3.63, 3.8) is 0 Å². The Morgan fingerprint density at radius 3 is 2.85 bits per heavy atom. The minimum Gasteiger partial charge on any atom is -0.371 e. The number of hydrogen-bond donors (Lipinski definition) is 0. The summed E-state index contributed by atoms with van der Waals surface area (Å²) < 4.78 is 5.14. The maximum atomic E-state index is 11.6. The van der Waals surface area contributed by atoms with Crippen LogP contribution in [0.15, 0.2) is 0 Å². The molecule has 13 heavy (non-hydrogen) atoms. The van der Waals surface area contributed by atoms with Crippen molar-refractivity contribution in [1.82, 2.24) is 4.90 Å². The Labute approximate surface area is 79.0 Å². The number of hydrogen-bond acceptors (Lipinski definition) is 2. The summed E-state index contributed by atoms with van der Waals surface area (Å²) in [5.41, 5.74) is 0. The molecule has 1 unspecified atom stereocenters. The highest BCUT2D eigenvalue weighted by molar-refractivity contribution is 5.76. The first kappa shape index (κ1) is 9.00. The summed E-state index contributed by atoms with van der Waals surface area (Å²) in [6, 6.07) is 0. The SMILES string of the molecule is O=C1CCCCCCN1CC1CO1. The van der Waals surface area contributed by atoms with E-state index in [4.69, 9.17) is 4.74 Å². The number of amides is 1. The van der Waals surface area contributed by atoms with Crippen molar-refractivity contribution in [2.75, 3.05) is 19.7 Å².